The molecule has 4 rings (SSSR count). The topological polar surface area (TPSA) is 59.3 Å². The summed E-state index contributed by atoms with van der Waals surface area (Å²) in [5.74, 6) is 0.359. The molecule has 5 nitrogen and oxygen atoms in total. The van der Waals surface area contributed by atoms with E-state index < -0.39 is 0 Å². The number of aryl methyl sites for hydroxylation is 1. The number of hydrogen-bond donors (Lipinski definition) is 1. The van der Waals surface area contributed by atoms with Crippen molar-refractivity contribution >= 4 is 22.2 Å². The molecule has 1 N–H and O–H groups in total. The fourth-order valence-electron chi connectivity index (χ4n) is 2.64. The first kappa shape index (κ1) is 13.5. The van der Waals surface area contributed by atoms with Crippen LogP contribution in [0.15, 0.2) is 36.1 Å². The summed E-state index contributed by atoms with van der Waals surface area (Å²) >= 11 is 1.52. The summed E-state index contributed by atoms with van der Waals surface area (Å²) in [6.07, 6.45) is 7.76. The van der Waals surface area contributed by atoms with E-state index in [0.717, 1.165) is 29.1 Å². The number of imidazole rings is 1. The van der Waals surface area contributed by atoms with E-state index in [1.165, 1.54) is 11.3 Å². The molecule has 3 heterocycles. The van der Waals surface area contributed by atoms with Crippen molar-refractivity contribution in [3.8, 4) is 0 Å². The normalized spacial score (nSPS) is 15.9. The van der Waals surface area contributed by atoms with E-state index in [1.54, 1.807) is 12.4 Å². The highest BCUT2D eigenvalue weighted by Gasteiger charge is 2.34. The quantitative estimate of drug-likeness (QED) is 0.805. The van der Waals surface area contributed by atoms with Gasteiger partial charge < -0.3 is 5.32 Å². The number of nitrogens with zero attached hydrogens (tertiary/aromatic N) is 3. The average Bonchev–Trinajstić information content (AvgIpc) is 3.10. The van der Waals surface area contributed by atoms with Gasteiger partial charge in [-0.2, -0.15) is 0 Å². The molecular formula is C16H16N4OS. The first-order chi connectivity index (χ1) is 10.7. The average molecular weight is 312 g/mol. The fourth-order valence-corrected chi connectivity index (χ4v) is 3.34. The van der Waals surface area contributed by atoms with Crippen molar-refractivity contribution in [2.75, 3.05) is 0 Å². The Morgan fingerprint density at radius 2 is 2.36 bits per heavy atom. The van der Waals surface area contributed by atoms with Crippen molar-refractivity contribution in [2.45, 2.75) is 25.8 Å². The lowest BCUT2D eigenvalue weighted by Crippen LogP contribution is -2.30. The number of fused-ring (bicyclic) bond motifs is 1. The predicted octanol–water partition coefficient (Wildman–Crippen LogP) is 2.98. The largest absolute Gasteiger partial charge is 0.342 e. The van der Waals surface area contributed by atoms with Gasteiger partial charge in [-0.1, -0.05) is 0 Å². The van der Waals surface area contributed by atoms with Crippen LogP contribution in [0.1, 0.15) is 40.6 Å². The molecule has 0 saturated heterocycles. The standard InChI is InChI=1S/C16H16N4OS/c1-10-4-5-17-12(8-10)14(11-2-3-11)19-15(21)13-9-20-6-7-22-16(20)18-13/h4-9,11,14H,2-3H2,1H3,(H,19,21)/t14-/m0/s1. The lowest BCUT2D eigenvalue weighted by molar-refractivity contribution is 0.0926. The number of amides is 1. The lowest BCUT2D eigenvalue weighted by atomic mass is 10.1. The summed E-state index contributed by atoms with van der Waals surface area (Å²) < 4.78 is 1.87. The predicted molar refractivity (Wildman–Crippen MR) is 85.0 cm³/mol. The van der Waals surface area contributed by atoms with Gasteiger partial charge in [-0.05, 0) is 43.4 Å². The smallest absolute Gasteiger partial charge is 0.272 e. The van der Waals surface area contributed by atoms with E-state index in [1.807, 2.05) is 29.0 Å². The molecule has 112 valence electrons. The third-order valence-electron chi connectivity index (χ3n) is 3.96. The summed E-state index contributed by atoms with van der Waals surface area (Å²) in [5, 5.41) is 5.07. The SMILES string of the molecule is Cc1ccnc([C@@H](NC(=O)c2cn3ccsc3n2)C2CC2)c1. The van der Waals surface area contributed by atoms with Crippen LogP contribution in [0, 0.1) is 12.8 Å². The summed E-state index contributed by atoms with van der Waals surface area (Å²) in [5.41, 5.74) is 2.56. The van der Waals surface area contributed by atoms with Crippen LogP contribution in [0.2, 0.25) is 0 Å². The number of aromatic nitrogens is 3. The Morgan fingerprint density at radius 3 is 3.09 bits per heavy atom. The van der Waals surface area contributed by atoms with E-state index in [4.69, 9.17) is 0 Å². The maximum absolute atomic E-state index is 12.5. The molecule has 3 aromatic heterocycles. The number of hydrogen-bond acceptors (Lipinski definition) is 4. The second-order valence-corrected chi connectivity index (χ2v) is 6.64. The molecule has 0 aliphatic heterocycles. The zero-order valence-electron chi connectivity index (χ0n) is 12.2. The van der Waals surface area contributed by atoms with Gasteiger partial charge in [0.25, 0.3) is 5.91 Å². The van der Waals surface area contributed by atoms with Crippen LogP contribution in [0.5, 0.6) is 0 Å². The zero-order chi connectivity index (χ0) is 15.1. The highest BCUT2D eigenvalue weighted by atomic mass is 32.1. The Morgan fingerprint density at radius 1 is 1.50 bits per heavy atom. The molecule has 1 aliphatic carbocycles. The molecule has 0 radical (unpaired) electrons. The minimum Gasteiger partial charge on any atom is -0.342 e. The maximum atomic E-state index is 12.5. The molecule has 1 saturated carbocycles. The monoisotopic (exact) mass is 312 g/mol. The van der Waals surface area contributed by atoms with Crippen LogP contribution in [-0.4, -0.2) is 20.3 Å². The number of rotatable bonds is 4. The van der Waals surface area contributed by atoms with Crippen LogP contribution >= 0.6 is 11.3 Å². The fraction of sp³-hybridized carbons (Fsp3) is 0.312. The highest BCUT2D eigenvalue weighted by molar-refractivity contribution is 7.15. The number of nitrogens with one attached hydrogen (secondary N) is 1. The van der Waals surface area contributed by atoms with E-state index in [9.17, 15) is 4.79 Å². The van der Waals surface area contributed by atoms with Gasteiger partial charge in [0.05, 0.1) is 11.7 Å². The zero-order valence-corrected chi connectivity index (χ0v) is 13.0. The Bertz CT molecular complexity index is 805. The Labute approximate surface area is 132 Å². The van der Waals surface area contributed by atoms with Crippen molar-refractivity contribution < 1.29 is 4.79 Å². The van der Waals surface area contributed by atoms with Crippen LogP contribution in [-0.2, 0) is 0 Å². The summed E-state index contributed by atoms with van der Waals surface area (Å²) in [6.45, 7) is 2.04. The van der Waals surface area contributed by atoms with Gasteiger partial charge in [-0.15, -0.1) is 11.3 Å². The van der Waals surface area contributed by atoms with Crippen molar-refractivity contribution in [2.24, 2.45) is 5.92 Å². The Balaban J connectivity index is 1.59. The summed E-state index contributed by atoms with van der Waals surface area (Å²) in [6, 6.07) is 4.00. The minimum atomic E-state index is -0.129. The van der Waals surface area contributed by atoms with Crippen LogP contribution < -0.4 is 5.32 Å². The molecule has 0 spiro atoms. The minimum absolute atomic E-state index is 0.0212. The summed E-state index contributed by atoms with van der Waals surface area (Å²) in [7, 11) is 0. The van der Waals surface area contributed by atoms with Gasteiger partial charge in [0, 0.05) is 24.0 Å². The van der Waals surface area contributed by atoms with E-state index in [-0.39, 0.29) is 11.9 Å². The van der Waals surface area contributed by atoms with Crippen molar-refractivity contribution in [1.29, 1.82) is 0 Å². The molecule has 1 fully saturated rings. The van der Waals surface area contributed by atoms with Gasteiger partial charge in [0.15, 0.2) is 4.96 Å². The van der Waals surface area contributed by atoms with Crippen LogP contribution in [0.25, 0.3) is 4.96 Å². The van der Waals surface area contributed by atoms with Crippen LogP contribution in [0.3, 0.4) is 0 Å². The number of thiazole rings is 1. The first-order valence-corrected chi connectivity index (χ1v) is 8.24. The van der Waals surface area contributed by atoms with Crippen molar-refractivity contribution in [1.82, 2.24) is 19.7 Å². The second kappa shape index (κ2) is 5.21. The van der Waals surface area contributed by atoms with Gasteiger partial charge in [0.2, 0.25) is 0 Å². The van der Waals surface area contributed by atoms with E-state index in [2.05, 4.69) is 21.4 Å². The Hall–Kier alpha value is -2.21. The molecule has 1 aliphatic rings. The molecule has 3 aromatic rings. The maximum Gasteiger partial charge on any atom is 0.272 e. The number of pyridine rings is 1. The van der Waals surface area contributed by atoms with E-state index in [0.29, 0.717) is 11.6 Å². The van der Waals surface area contributed by atoms with E-state index >= 15 is 0 Å². The molecule has 1 amide bonds. The summed E-state index contributed by atoms with van der Waals surface area (Å²) in [4.78, 5) is 22.1. The van der Waals surface area contributed by atoms with Gasteiger partial charge in [-0.3, -0.25) is 14.2 Å². The van der Waals surface area contributed by atoms with Gasteiger partial charge in [-0.25, -0.2) is 4.98 Å². The number of carbonyl (C=O) groups is 1. The second-order valence-electron chi connectivity index (χ2n) is 5.77. The molecule has 0 bridgehead atoms. The molecular weight excluding hydrogens is 296 g/mol. The highest BCUT2D eigenvalue weighted by Crippen LogP contribution is 2.40. The van der Waals surface area contributed by atoms with Crippen LogP contribution in [0.4, 0.5) is 0 Å². The third-order valence-corrected chi connectivity index (χ3v) is 4.73. The molecule has 0 aromatic carbocycles. The van der Waals surface area contributed by atoms with Crippen molar-refractivity contribution in [3.63, 3.8) is 0 Å². The third kappa shape index (κ3) is 2.50. The number of carbonyl (C=O) groups excluding carboxylic acids is 1. The Kier molecular flexibility index (Phi) is 3.18. The first-order valence-electron chi connectivity index (χ1n) is 7.36. The van der Waals surface area contributed by atoms with Gasteiger partial charge in [0.1, 0.15) is 5.69 Å². The molecule has 6 heteroatoms. The molecule has 22 heavy (non-hydrogen) atoms. The molecule has 1 atom stereocenters. The molecule has 0 unspecified atom stereocenters. The lowest BCUT2D eigenvalue weighted by Gasteiger charge is -2.17. The van der Waals surface area contributed by atoms with Crippen molar-refractivity contribution in [3.05, 3.63) is 53.1 Å². The van der Waals surface area contributed by atoms with Gasteiger partial charge >= 0.3 is 0 Å².